The second kappa shape index (κ2) is 6.33. The van der Waals surface area contributed by atoms with Crippen molar-refractivity contribution in [1.29, 1.82) is 0 Å². The Kier molecular flexibility index (Phi) is 3.85. The van der Waals surface area contributed by atoms with Gasteiger partial charge in [-0.1, -0.05) is 6.07 Å². The Bertz CT molecular complexity index is 1100. The molecule has 0 aliphatic rings. The van der Waals surface area contributed by atoms with E-state index in [1.165, 1.54) is 7.11 Å². The second-order valence-electron chi connectivity index (χ2n) is 5.76. The van der Waals surface area contributed by atoms with Crippen molar-refractivity contribution in [2.75, 3.05) is 7.11 Å². The summed E-state index contributed by atoms with van der Waals surface area (Å²) in [5.41, 5.74) is 3.90. The molecule has 2 aromatic carbocycles. The molecular formula is C20H15N3O3. The first-order chi connectivity index (χ1) is 12.6. The van der Waals surface area contributed by atoms with Crippen LogP contribution in [-0.2, 0) is 0 Å². The predicted octanol–water partition coefficient (Wildman–Crippen LogP) is 3.78. The molecule has 0 saturated heterocycles. The van der Waals surface area contributed by atoms with E-state index in [1.807, 2.05) is 6.07 Å². The fourth-order valence-corrected chi connectivity index (χ4v) is 2.68. The van der Waals surface area contributed by atoms with Crippen LogP contribution in [0.2, 0.25) is 0 Å². The first kappa shape index (κ1) is 15.8. The average molecular weight is 345 g/mol. The Morgan fingerprint density at radius 2 is 1.54 bits per heavy atom. The molecule has 2 N–H and O–H groups in total. The van der Waals surface area contributed by atoms with Crippen LogP contribution in [0.15, 0.2) is 60.9 Å². The van der Waals surface area contributed by atoms with Crippen LogP contribution >= 0.6 is 0 Å². The molecule has 0 saturated carbocycles. The number of benzene rings is 2. The number of rotatable bonds is 3. The van der Waals surface area contributed by atoms with E-state index in [0.717, 1.165) is 16.7 Å². The van der Waals surface area contributed by atoms with Gasteiger partial charge in [-0.2, -0.15) is 0 Å². The molecule has 2 heterocycles. The van der Waals surface area contributed by atoms with E-state index in [2.05, 4.69) is 15.0 Å². The summed E-state index contributed by atoms with van der Waals surface area (Å²) in [5.74, 6) is 1.23. The summed E-state index contributed by atoms with van der Waals surface area (Å²) in [5, 5.41) is 19.2. The standard InChI is InChI=1S/C20H15N3O3/c1-26-19-9-13(4-7-18(19)25)14-8-16-17(21-10-14)11-22-20(23-16)12-2-5-15(24)6-3-12/h2-11,24-25H,1H3. The minimum Gasteiger partial charge on any atom is -0.508 e. The predicted molar refractivity (Wildman–Crippen MR) is 98.1 cm³/mol. The number of methoxy groups -OCH3 is 1. The number of hydrogen-bond acceptors (Lipinski definition) is 6. The van der Waals surface area contributed by atoms with Gasteiger partial charge in [0.05, 0.1) is 18.8 Å². The van der Waals surface area contributed by atoms with Crippen molar-refractivity contribution < 1.29 is 14.9 Å². The molecule has 2 aromatic heterocycles. The normalized spacial score (nSPS) is 10.8. The zero-order chi connectivity index (χ0) is 18.1. The quantitative estimate of drug-likeness (QED) is 0.587. The Morgan fingerprint density at radius 1 is 0.769 bits per heavy atom. The van der Waals surface area contributed by atoms with Crippen LogP contribution in [0, 0.1) is 0 Å². The number of phenolic OH excluding ortho intramolecular Hbond substituents is 2. The minimum atomic E-state index is 0.0851. The van der Waals surface area contributed by atoms with Gasteiger partial charge >= 0.3 is 0 Å². The van der Waals surface area contributed by atoms with Gasteiger partial charge in [-0.15, -0.1) is 0 Å². The molecule has 0 spiro atoms. The highest BCUT2D eigenvalue weighted by molar-refractivity contribution is 5.81. The Labute approximate surface area is 149 Å². The number of fused-ring (bicyclic) bond motifs is 1. The lowest BCUT2D eigenvalue weighted by molar-refractivity contribution is 0.373. The van der Waals surface area contributed by atoms with Crippen LogP contribution in [0.1, 0.15) is 0 Å². The zero-order valence-electron chi connectivity index (χ0n) is 13.9. The Morgan fingerprint density at radius 3 is 2.31 bits per heavy atom. The van der Waals surface area contributed by atoms with Gasteiger partial charge in [0.25, 0.3) is 0 Å². The number of hydrogen-bond donors (Lipinski definition) is 2. The molecule has 0 aliphatic carbocycles. The maximum atomic E-state index is 9.76. The minimum absolute atomic E-state index is 0.0851. The van der Waals surface area contributed by atoms with Crippen molar-refractivity contribution in [2.45, 2.75) is 0 Å². The molecule has 26 heavy (non-hydrogen) atoms. The fraction of sp³-hybridized carbons (Fsp3) is 0.0500. The smallest absolute Gasteiger partial charge is 0.161 e. The molecule has 6 heteroatoms. The molecule has 0 aliphatic heterocycles. The van der Waals surface area contributed by atoms with E-state index in [9.17, 15) is 10.2 Å². The van der Waals surface area contributed by atoms with Crippen molar-refractivity contribution in [2.24, 2.45) is 0 Å². The van der Waals surface area contributed by atoms with Crippen molar-refractivity contribution >= 4 is 11.0 Å². The summed E-state index contributed by atoms with van der Waals surface area (Å²) in [6.45, 7) is 0. The zero-order valence-corrected chi connectivity index (χ0v) is 13.9. The largest absolute Gasteiger partial charge is 0.508 e. The molecule has 0 unspecified atom stereocenters. The summed E-state index contributed by atoms with van der Waals surface area (Å²) in [6, 6.07) is 13.8. The number of ether oxygens (including phenoxy) is 1. The summed E-state index contributed by atoms with van der Waals surface area (Å²) in [7, 11) is 1.51. The van der Waals surface area contributed by atoms with Crippen LogP contribution in [0.25, 0.3) is 33.5 Å². The van der Waals surface area contributed by atoms with Crippen LogP contribution in [-0.4, -0.2) is 32.3 Å². The van der Waals surface area contributed by atoms with Gasteiger partial charge in [-0.05, 0) is 48.0 Å². The van der Waals surface area contributed by atoms with Gasteiger partial charge in [0.1, 0.15) is 11.3 Å². The molecular weight excluding hydrogens is 330 g/mol. The van der Waals surface area contributed by atoms with Crippen LogP contribution in [0.4, 0.5) is 0 Å². The van der Waals surface area contributed by atoms with E-state index in [1.54, 1.807) is 54.9 Å². The molecule has 4 aromatic rings. The highest BCUT2D eigenvalue weighted by atomic mass is 16.5. The van der Waals surface area contributed by atoms with Gasteiger partial charge in [-0.3, -0.25) is 4.98 Å². The average Bonchev–Trinajstić information content (AvgIpc) is 2.68. The lowest BCUT2D eigenvalue weighted by atomic mass is 10.1. The van der Waals surface area contributed by atoms with Crippen LogP contribution < -0.4 is 4.74 Å². The van der Waals surface area contributed by atoms with E-state index in [4.69, 9.17) is 4.74 Å². The molecule has 0 radical (unpaired) electrons. The van der Waals surface area contributed by atoms with Gasteiger partial charge in [0.15, 0.2) is 17.3 Å². The Balaban J connectivity index is 1.79. The number of aromatic hydroxyl groups is 2. The molecule has 0 fully saturated rings. The van der Waals surface area contributed by atoms with Gasteiger partial charge in [0.2, 0.25) is 0 Å². The van der Waals surface area contributed by atoms with Crippen molar-refractivity contribution in [3.05, 3.63) is 60.9 Å². The molecule has 4 rings (SSSR count). The lowest BCUT2D eigenvalue weighted by Gasteiger charge is -2.08. The Hall–Kier alpha value is -3.67. The number of nitrogens with zero attached hydrogens (tertiary/aromatic N) is 3. The van der Waals surface area contributed by atoms with E-state index < -0.39 is 0 Å². The van der Waals surface area contributed by atoms with Crippen molar-refractivity contribution in [3.8, 4) is 39.8 Å². The molecule has 6 nitrogen and oxygen atoms in total. The van der Waals surface area contributed by atoms with Crippen molar-refractivity contribution in [1.82, 2.24) is 15.0 Å². The topological polar surface area (TPSA) is 88.4 Å². The first-order valence-electron chi connectivity index (χ1n) is 7.93. The molecule has 128 valence electrons. The number of pyridine rings is 1. The van der Waals surface area contributed by atoms with Crippen LogP contribution in [0.3, 0.4) is 0 Å². The third-order valence-corrected chi connectivity index (χ3v) is 4.07. The first-order valence-corrected chi connectivity index (χ1v) is 7.93. The van der Waals surface area contributed by atoms with E-state index >= 15 is 0 Å². The van der Waals surface area contributed by atoms with Gasteiger partial charge < -0.3 is 14.9 Å². The molecule has 0 amide bonds. The monoisotopic (exact) mass is 345 g/mol. The highest BCUT2D eigenvalue weighted by Crippen LogP contribution is 2.32. The highest BCUT2D eigenvalue weighted by Gasteiger charge is 2.08. The van der Waals surface area contributed by atoms with E-state index in [-0.39, 0.29) is 11.5 Å². The second-order valence-corrected chi connectivity index (χ2v) is 5.76. The van der Waals surface area contributed by atoms with Crippen molar-refractivity contribution in [3.63, 3.8) is 0 Å². The molecule has 0 atom stereocenters. The maximum Gasteiger partial charge on any atom is 0.161 e. The fourth-order valence-electron chi connectivity index (χ4n) is 2.68. The maximum absolute atomic E-state index is 9.76. The summed E-state index contributed by atoms with van der Waals surface area (Å²) in [4.78, 5) is 13.3. The number of phenols is 2. The third kappa shape index (κ3) is 2.88. The summed E-state index contributed by atoms with van der Waals surface area (Å²) >= 11 is 0. The SMILES string of the molecule is COc1cc(-c2cnc3cnc(-c4ccc(O)cc4)nc3c2)ccc1O. The van der Waals surface area contributed by atoms with Gasteiger partial charge in [-0.25, -0.2) is 9.97 Å². The van der Waals surface area contributed by atoms with Gasteiger partial charge in [0, 0.05) is 17.3 Å². The summed E-state index contributed by atoms with van der Waals surface area (Å²) < 4.78 is 5.16. The third-order valence-electron chi connectivity index (χ3n) is 4.07. The summed E-state index contributed by atoms with van der Waals surface area (Å²) in [6.07, 6.45) is 3.41. The van der Waals surface area contributed by atoms with E-state index in [0.29, 0.717) is 22.6 Å². The number of aromatic nitrogens is 3. The molecule has 0 bridgehead atoms. The van der Waals surface area contributed by atoms with Crippen LogP contribution in [0.5, 0.6) is 17.2 Å². The lowest BCUT2D eigenvalue weighted by Crippen LogP contribution is -1.92.